The maximum Gasteiger partial charge on any atom is 0.317 e. The molecule has 0 saturated carbocycles. The Morgan fingerprint density at radius 1 is 1.38 bits per heavy atom. The Labute approximate surface area is 121 Å². The summed E-state index contributed by atoms with van der Waals surface area (Å²) in [6, 6.07) is 6.00. The Morgan fingerprint density at radius 3 is 3.14 bits per heavy atom. The summed E-state index contributed by atoms with van der Waals surface area (Å²) in [7, 11) is 0. The zero-order valence-electron chi connectivity index (χ0n) is 11.6. The number of carbonyl (C=O) groups excluding carboxylic acids is 1. The van der Waals surface area contributed by atoms with Crippen LogP contribution in [-0.4, -0.2) is 57.6 Å². The van der Waals surface area contributed by atoms with Gasteiger partial charge in [-0.05, 0) is 12.1 Å². The fraction of sp³-hybridized carbons (Fsp3) is 0.429. The number of imidazole rings is 1. The number of hydrogen-bond acceptors (Lipinski definition) is 4. The van der Waals surface area contributed by atoms with Crippen LogP contribution < -0.4 is 10.2 Å². The van der Waals surface area contributed by atoms with Gasteiger partial charge >= 0.3 is 6.03 Å². The standard InChI is InChI=1S/C14H17N5O2/c20-9-11-13(16-12-3-1-2-4-19(11)12)17-5-6-18-10(8-17)7-15-14(18)21/h1-4,10,20H,5-9H2,(H,15,21). The molecular formula is C14H17N5O2. The van der Waals surface area contributed by atoms with Crippen molar-refractivity contribution in [1.82, 2.24) is 19.6 Å². The van der Waals surface area contributed by atoms with Gasteiger partial charge in [0, 0.05) is 32.4 Å². The first-order valence-corrected chi connectivity index (χ1v) is 7.14. The molecule has 2 aromatic rings. The first-order chi connectivity index (χ1) is 10.3. The summed E-state index contributed by atoms with van der Waals surface area (Å²) >= 11 is 0. The molecule has 0 spiro atoms. The highest BCUT2D eigenvalue weighted by molar-refractivity contribution is 5.77. The molecule has 4 heterocycles. The fourth-order valence-corrected chi connectivity index (χ4v) is 3.23. The molecule has 1 atom stereocenters. The maximum atomic E-state index is 11.7. The summed E-state index contributed by atoms with van der Waals surface area (Å²) in [5.41, 5.74) is 1.64. The minimum absolute atomic E-state index is 0.0250. The average molecular weight is 287 g/mol. The van der Waals surface area contributed by atoms with Crippen LogP contribution in [0.5, 0.6) is 0 Å². The second kappa shape index (κ2) is 4.63. The van der Waals surface area contributed by atoms with Crippen LogP contribution in [0.3, 0.4) is 0 Å². The van der Waals surface area contributed by atoms with Crippen molar-refractivity contribution in [1.29, 1.82) is 0 Å². The van der Waals surface area contributed by atoms with Crippen LogP contribution in [0.2, 0.25) is 0 Å². The summed E-state index contributed by atoms with van der Waals surface area (Å²) in [5, 5.41) is 12.6. The van der Waals surface area contributed by atoms with Gasteiger partial charge in [0.25, 0.3) is 0 Å². The van der Waals surface area contributed by atoms with Crippen molar-refractivity contribution in [2.45, 2.75) is 12.6 Å². The van der Waals surface area contributed by atoms with E-state index in [0.29, 0.717) is 13.1 Å². The smallest absolute Gasteiger partial charge is 0.317 e. The third-order valence-electron chi connectivity index (χ3n) is 4.29. The third-order valence-corrected chi connectivity index (χ3v) is 4.29. The number of anilines is 1. The highest BCUT2D eigenvalue weighted by Gasteiger charge is 2.36. The van der Waals surface area contributed by atoms with Gasteiger partial charge in [0.2, 0.25) is 0 Å². The molecule has 0 aromatic carbocycles. The van der Waals surface area contributed by atoms with Gasteiger partial charge in [0.15, 0.2) is 5.82 Å². The average Bonchev–Trinajstić information content (AvgIpc) is 3.07. The van der Waals surface area contributed by atoms with E-state index >= 15 is 0 Å². The second-order valence-corrected chi connectivity index (χ2v) is 5.45. The summed E-state index contributed by atoms with van der Waals surface area (Å²) in [4.78, 5) is 20.3. The Morgan fingerprint density at radius 2 is 2.29 bits per heavy atom. The molecule has 2 fully saturated rings. The molecule has 0 radical (unpaired) electrons. The van der Waals surface area contributed by atoms with Crippen molar-refractivity contribution in [2.75, 3.05) is 31.1 Å². The van der Waals surface area contributed by atoms with Crippen LogP contribution in [0.1, 0.15) is 5.69 Å². The number of amides is 2. The number of hydrogen-bond donors (Lipinski definition) is 2. The third kappa shape index (κ3) is 1.84. The molecule has 21 heavy (non-hydrogen) atoms. The van der Waals surface area contributed by atoms with E-state index in [-0.39, 0.29) is 18.7 Å². The molecule has 7 nitrogen and oxygen atoms in total. The summed E-state index contributed by atoms with van der Waals surface area (Å²) < 4.78 is 1.92. The van der Waals surface area contributed by atoms with Gasteiger partial charge in [-0.3, -0.25) is 4.40 Å². The van der Waals surface area contributed by atoms with Gasteiger partial charge in [0.1, 0.15) is 5.65 Å². The lowest BCUT2D eigenvalue weighted by molar-refractivity contribution is 0.197. The Bertz CT molecular complexity index is 698. The molecule has 2 N–H and O–H groups in total. The van der Waals surface area contributed by atoms with E-state index in [1.165, 1.54) is 0 Å². The summed E-state index contributed by atoms with van der Waals surface area (Å²) in [6.07, 6.45) is 1.91. The minimum Gasteiger partial charge on any atom is -0.390 e. The number of nitrogens with one attached hydrogen (secondary N) is 1. The summed E-state index contributed by atoms with van der Waals surface area (Å²) in [6.45, 7) is 2.80. The zero-order chi connectivity index (χ0) is 14.4. The largest absolute Gasteiger partial charge is 0.390 e. The predicted octanol–water partition coefficient (Wildman–Crippen LogP) is 0.0404. The zero-order valence-corrected chi connectivity index (χ0v) is 11.6. The van der Waals surface area contributed by atoms with Gasteiger partial charge < -0.3 is 20.2 Å². The van der Waals surface area contributed by atoms with Gasteiger partial charge in [-0.1, -0.05) is 6.07 Å². The van der Waals surface area contributed by atoms with Gasteiger partial charge in [-0.15, -0.1) is 0 Å². The molecular weight excluding hydrogens is 270 g/mol. The molecule has 1 unspecified atom stereocenters. The topological polar surface area (TPSA) is 73.1 Å². The van der Waals surface area contributed by atoms with Crippen LogP contribution in [0, 0.1) is 0 Å². The number of fused-ring (bicyclic) bond motifs is 2. The van der Waals surface area contributed by atoms with Gasteiger partial charge in [-0.2, -0.15) is 0 Å². The number of piperazine rings is 1. The van der Waals surface area contributed by atoms with Crippen LogP contribution in [0.25, 0.3) is 5.65 Å². The fourth-order valence-electron chi connectivity index (χ4n) is 3.23. The highest BCUT2D eigenvalue weighted by atomic mass is 16.3. The molecule has 4 rings (SSSR count). The quantitative estimate of drug-likeness (QED) is 0.818. The van der Waals surface area contributed by atoms with E-state index < -0.39 is 0 Å². The normalized spacial score (nSPS) is 21.8. The number of urea groups is 1. The molecule has 2 aliphatic rings. The SMILES string of the molecule is O=C1NCC2CN(c3nc4ccccn4c3CO)CCN12. The van der Waals surface area contributed by atoms with Crippen molar-refractivity contribution < 1.29 is 9.90 Å². The number of rotatable bonds is 2. The number of pyridine rings is 1. The first kappa shape index (κ1) is 12.5. The number of aliphatic hydroxyl groups is 1. The Balaban J connectivity index is 1.69. The Hall–Kier alpha value is -2.28. The predicted molar refractivity (Wildman–Crippen MR) is 77.2 cm³/mol. The highest BCUT2D eigenvalue weighted by Crippen LogP contribution is 2.25. The molecule has 2 aromatic heterocycles. The molecule has 7 heteroatoms. The lowest BCUT2D eigenvalue weighted by atomic mass is 10.2. The van der Waals surface area contributed by atoms with Gasteiger partial charge in [0.05, 0.1) is 18.3 Å². The van der Waals surface area contributed by atoms with E-state index in [0.717, 1.165) is 30.2 Å². The monoisotopic (exact) mass is 287 g/mol. The van der Waals surface area contributed by atoms with E-state index in [2.05, 4.69) is 15.2 Å². The molecule has 0 aliphatic carbocycles. The number of carbonyl (C=O) groups is 1. The minimum atomic E-state index is -0.0530. The lowest BCUT2D eigenvalue weighted by Gasteiger charge is -2.36. The number of aliphatic hydroxyl groups excluding tert-OH is 1. The van der Waals surface area contributed by atoms with Crippen molar-refractivity contribution >= 4 is 17.5 Å². The molecule has 2 saturated heterocycles. The molecule has 0 bridgehead atoms. The summed E-state index contributed by atoms with van der Waals surface area (Å²) in [5.74, 6) is 0.822. The van der Waals surface area contributed by atoms with Crippen LogP contribution in [-0.2, 0) is 6.61 Å². The maximum absolute atomic E-state index is 11.7. The van der Waals surface area contributed by atoms with Crippen molar-refractivity contribution in [3.63, 3.8) is 0 Å². The first-order valence-electron chi connectivity index (χ1n) is 7.14. The van der Waals surface area contributed by atoms with E-state index in [4.69, 9.17) is 0 Å². The molecule has 2 amide bonds. The van der Waals surface area contributed by atoms with E-state index in [1.807, 2.05) is 33.7 Å². The number of nitrogens with zero attached hydrogens (tertiary/aromatic N) is 4. The Kier molecular flexibility index (Phi) is 2.75. The number of aromatic nitrogens is 2. The van der Waals surface area contributed by atoms with E-state index in [9.17, 15) is 9.90 Å². The van der Waals surface area contributed by atoms with Gasteiger partial charge in [-0.25, -0.2) is 9.78 Å². The molecule has 110 valence electrons. The van der Waals surface area contributed by atoms with Crippen LogP contribution in [0.15, 0.2) is 24.4 Å². The lowest BCUT2D eigenvalue weighted by Crippen LogP contribution is -2.52. The van der Waals surface area contributed by atoms with Crippen LogP contribution >= 0.6 is 0 Å². The van der Waals surface area contributed by atoms with Crippen LogP contribution in [0.4, 0.5) is 10.6 Å². The van der Waals surface area contributed by atoms with E-state index in [1.54, 1.807) is 0 Å². The van der Waals surface area contributed by atoms with Crippen molar-refractivity contribution in [3.05, 3.63) is 30.1 Å². The van der Waals surface area contributed by atoms with Crippen molar-refractivity contribution in [3.8, 4) is 0 Å². The second-order valence-electron chi connectivity index (χ2n) is 5.45. The molecule has 2 aliphatic heterocycles. The van der Waals surface area contributed by atoms with Crippen molar-refractivity contribution in [2.24, 2.45) is 0 Å².